The van der Waals surface area contributed by atoms with E-state index < -0.39 is 25.1 Å². The molecule has 0 amide bonds. The molecule has 15 heavy (non-hydrogen) atoms. The van der Waals surface area contributed by atoms with E-state index in [4.69, 9.17) is 20.1 Å². The van der Waals surface area contributed by atoms with E-state index in [1.807, 2.05) is 6.92 Å². The summed E-state index contributed by atoms with van der Waals surface area (Å²) in [6.45, 7) is 0.765. The summed E-state index contributed by atoms with van der Waals surface area (Å²) in [6.07, 6.45) is -1.51. The fourth-order valence-electron chi connectivity index (χ4n) is 1.58. The maximum absolute atomic E-state index is 12.3. The predicted molar refractivity (Wildman–Crippen MR) is 49.8 cm³/mol. The van der Waals surface area contributed by atoms with Gasteiger partial charge < -0.3 is 14.6 Å². The molecule has 0 spiro atoms. The summed E-state index contributed by atoms with van der Waals surface area (Å²) in [5, 5.41) is 12.1. The van der Waals surface area contributed by atoms with Gasteiger partial charge in [-0.3, -0.25) is 0 Å². The van der Waals surface area contributed by atoms with Crippen LogP contribution in [0.4, 0.5) is 4.39 Å². The van der Waals surface area contributed by atoms with Gasteiger partial charge in [0.25, 0.3) is 0 Å². The fraction of sp³-hybridized carbons (Fsp3) is 1.00. The third-order valence-corrected chi connectivity index (χ3v) is 2.21. The number of azide groups is 1. The normalized spacial score (nSPS) is 32.3. The minimum absolute atomic E-state index is 0.0431. The molecule has 1 N–H and O–H groups in total. The van der Waals surface area contributed by atoms with E-state index in [-0.39, 0.29) is 12.7 Å². The van der Waals surface area contributed by atoms with Crippen molar-refractivity contribution in [2.45, 2.75) is 37.9 Å². The van der Waals surface area contributed by atoms with Crippen molar-refractivity contribution in [2.75, 3.05) is 13.3 Å². The summed E-state index contributed by atoms with van der Waals surface area (Å²) >= 11 is 0. The number of hydrogen-bond acceptors (Lipinski definition) is 4. The Bertz CT molecular complexity index is 247. The van der Waals surface area contributed by atoms with Crippen molar-refractivity contribution in [3.63, 3.8) is 0 Å². The highest BCUT2D eigenvalue weighted by Crippen LogP contribution is 2.24. The number of nitrogens with zero attached hydrogens (tertiary/aromatic N) is 3. The molecular formula is C8H14FN3O3. The average molecular weight is 219 g/mol. The van der Waals surface area contributed by atoms with Crippen LogP contribution in [0.1, 0.15) is 13.3 Å². The summed E-state index contributed by atoms with van der Waals surface area (Å²) in [4.78, 5) is 2.48. The first-order chi connectivity index (χ1) is 7.21. The predicted octanol–water partition coefficient (Wildman–Crippen LogP) is 1.15. The SMILES string of the molecule is C[C@H]1CC(OC(CF)N=[N+]=[N-])[C@@H](CO)O1. The second-order valence-electron chi connectivity index (χ2n) is 3.39. The Kier molecular flexibility index (Phi) is 4.77. The topological polar surface area (TPSA) is 87.5 Å². The minimum atomic E-state index is -1.14. The average Bonchev–Trinajstić information content (AvgIpc) is 2.58. The van der Waals surface area contributed by atoms with Gasteiger partial charge in [0, 0.05) is 11.3 Å². The minimum Gasteiger partial charge on any atom is -0.394 e. The number of hydrogen-bond donors (Lipinski definition) is 1. The van der Waals surface area contributed by atoms with Gasteiger partial charge in [-0.25, -0.2) is 4.39 Å². The molecule has 0 aromatic heterocycles. The number of rotatable bonds is 5. The summed E-state index contributed by atoms with van der Waals surface area (Å²) in [7, 11) is 0. The van der Waals surface area contributed by atoms with E-state index in [9.17, 15) is 4.39 Å². The van der Waals surface area contributed by atoms with E-state index >= 15 is 0 Å². The molecule has 7 heteroatoms. The van der Waals surface area contributed by atoms with Crippen LogP contribution in [0.5, 0.6) is 0 Å². The van der Waals surface area contributed by atoms with Crippen molar-refractivity contribution >= 4 is 0 Å². The van der Waals surface area contributed by atoms with E-state index in [2.05, 4.69) is 10.0 Å². The summed E-state index contributed by atoms with van der Waals surface area (Å²) < 4.78 is 22.8. The molecule has 1 rings (SSSR count). The van der Waals surface area contributed by atoms with Gasteiger partial charge >= 0.3 is 0 Å². The van der Waals surface area contributed by atoms with Gasteiger partial charge in [0.05, 0.1) is 18.8 Å². The van der Waals surface area contributed by atoms with Gasteiger partial charge in [-0.2, -0.15) is 0 Å². The van der Waals surface area contributed by atoms with E-state index in [1.54, 1.807) is 0 Å². The van der Waals surface area contributed by atoms with Crippen molar-refractivity contribution < 1.29 is 19.0 Å². The van der Waals surface area contributed by atoms with Gasteiger partial charge in [-0.15, -0.1) is 0 Å². The zero-order chi connectivity index (χ0) is 11.3. The standard InChI is InChI=1S/C8H14FN3O3/c1-5-2-6(7(4-13)14-5)15-8(3-9)11-12-10/h5-8,13H,2-4H2,1H3/t5-,6?,7+,8?/m0/s1. The third-order valence-electron chi connectivity index (χ3n) is 2.21. The molecule has 0 saturated carbocycles. The van der Waals surface area contributed by atoms with Crippen LogP contribution in [0.25, 0.3) is 10.4 Å². The maximum Gasteiger partial charge on any atom is 0.165 e. The lowest BCUT2D eigenvalue weighted by molar-refractivity contribution is -0.0751. The molecule has 0 radical (unpaired) electrons. The quantitative estimate of drug-likeness (QED) is 0.427. The van der Waals surface area contributed by atoms with Crippen LogP contribution in [0.15, 0.2) is 5.11 Å². The molecule has 1 fully saturated rings. The lowest BCUT2D eigenvalue weighted by Gasteiger charge is -2.19. The van der Waals surface area contributed by atoms with Crippen LogP contribution in [0, 0.1) is 0 Å². The lowest BCUT2D eigenvalue weighted by Crippen LogP contribution is -2.31. The number of aliphatic hydroxyl groups is 1. The van der Waals surface area contributed by atoms with Crippen molar-refractivity contribution in [3.05, 3.63) is 10.4 Å². The van der Waals surface area contributed by atoms with E-state index in [0.717, 1.165) is 0 Å². The number of aliphatic hydroxyl groups excluding tert-OH is 1. The molecule has 1 aliphatic heterocycles. The Morgan fingerprint density at radius 1 is 1.80 bits per heavy atom. The molecule has 1 saturated heterocycles. The van der Waals surface area contributed by atoms with Gasteiger partial charge in [0.15, 0.2) is 6.23 Å². The third kappa shape index (κ3) is 3.32. The fourth-order valence-corrected chi connectivity index (χ4v) is 1.58. The van der Waals surface area contributed by atoms with Crippen molar-refractivity contribution in [1.29, 1.82) is 0 Å². The molecule has 6 nitrogen and oxygen atoms in total. The van der Waals surface area contributed by atoms with Crippen LogP contribution >= 0.6 is 0 Å². The Balaban J connectivity index is 2.51. The van der Waals surface area contributed by atoms with Crippen molar-refractivity contribution in [1.82, 2.24) is 0 Å². The number of halogens is 1. The molecule has 0 aliphatic carbocycles. The Morgan fingerprint density at radius 2 is 2.53 bits per heavy atom. The van der Waals surface area contributed by atoms with Crippen molar-refractivity contribution in [2.24, 2.45) is 5.11 Å². The second kappa shape index (κ2) is 5.87. The van der Waals surface area contributed by atoms with Crippen LogP contribution in [-0.4, -0.2) is 42.9 Å². The first-order valence-electron chi connectivity index (χ1n) is 4.73. The van der Waals surface area contributed by atoms with Gasteiger partial charge in [-0.1, -0.05) is 5.11 Å². The van der Waals surface area contributed by atoms with Gasteiger partial charge in [-0.05, 0) is 12.5 Å². The largest absolute Gasteiger partial charge is 0.394 e. The molecule has 86 valence electrons. The summed E-state index contributed by atoms with van der Waals surface area (Å²) in [5.41, 5.74) is 8.15. The summed E-state index contributed by atoms with van der Waals surface area (Å²) in [5.74, 6) is 0. The Labute approximate surface area is 86.6 Å². The van der Waals surface area contributed by atoms with Crippen molar-refractivity contribution in [3.8, 4) is 0 Å². The zero-order valence-electron chi connectivity index (χ0n) is 8.41. The van der Waals surface area contributed by atoms with Crippen LogP contribution in [-0.2, 0) is 9.47 Å². The molecule has 4 atom stereocenters. The molecule has 0 aromatic carbocycles. The Morgan fingerprint density at radius 3 is 3.07 bits per heavy atom. The van der Waals surface area contributed by atoms with Gasteiger partial charge in [0.2, 0.25) is 0 Å². The second-order valence-corrected chi connectivity index (χ2v) is 3.39. The van der Waals surface area contributed by atoms with Gasteiger partial charge in [0.1, 0.15) is 12.8 Å². The smallest absolute Gasteiger partial charge is 0.165 e. The Hall–Kier alpha value is -0.880. The highest BCUT2D eigenvalue weighted by atomic mass is 19.1. The monoisotopic (exact) mass is 219 g/mol. The van der Waals surface area contributed by atoms with E-state index in [1.165, 1.54) is 0 Å². The molecule has 1 aliphatic rings. The number of alkyl halides is 1. The lowest BCUT2D eigenvalue weighted by atomic mass is 10.1. The number of ether oxygens (including phenoxy) is 2. The zero-order valence-corrected chi connectivity index (χ0v) is 8.41. The molecule has 0 bridgehead atoms. The summed E-state index contributed by atoms with van der Waals surface area (Å²) in [6, 6.07) is 0. The first-order valence-corrected chi connectivity index (χ1v) is 4.73. The highest BCUT2D eigenvalue weighted by Gasteiger charge is 2.34. The molecular weight excluding hydrogens is 205 g/mol. The van der Waals surface area contributed by atoms with E-state index in [0.29, 0.717) is 6.42 Å². The van der Waals surface area contributed by atoms with Crippen LogP contribution in [0.2, 0.25) is 0 Å². The van der Waals surface area contributed by atoms with Crippen LogP contribution in [0.3, 0.4) is 0 Å². The highest BCUT2D eigenvalue weighted by molar-refractivity contribution is 4.81. The molecule has 0 aromatic rings. The first kappa shape index (κ1) is 12.2. The molecule has 2 unspecified atom stereocenters. The molecule has 1 heterocycles. The maximum atomic E-state index is 12.3. The van der Waals surface area contributed by atoms with Crippen LogP contribution < -0.4 is 0 Å².